The van der Waals surface area contributed by atoms with Gasteiger partial charge in [-0.15, -0.1) is 0 Å². The van der Waals surface area contributed by atoms with Crippen LogP contribution in [0.25, 0.3) is 11.1 Å². The summed E-state index contributed by atoms with van der Waals surface area (Å²) in [4.78, 5) is 28.7. The predicted molar refractivity (Wildman–Crippen MR) is 67.3 cm³/mol. The first kappa shape index (κ1) is 13.8. The highest BCUT2D eigenvalue weighted by molar-refractivity contribution is 5.75. The molecule has 0 radical (unpaired) electrons. The average Bonchev–Trinajstić information content (AvgIpc) is 3.13. The number of hydrogen-bond acceptors (Lipinski definition) is 4. The minimum atomic E-state index is -2.99. The molecule has 0 amide bonds. The van der Waals surface area contributed by atoms with Crippen molar-refractivity contribution in [2.45, 2.75) is 37.8 Å². The zero-order valence-electron chi connectivity index (χ0n) is 10.8. The fourth-order valence-electron chi connectivity index (χ4n) is 2.21. The number of H-pyrrole nitrogens is 1. The summed E-state index contributed by atoms with van der Waals surface area (Å²) >= 11 is 0. The van der Waals surface area contributed by atoms with Crippen molar-refractivity contribution in [1.82, 2.24) is 9.97 Å². The maximum Gasteiger partial charge on any atom is 0.337 e. The second-order valence-electron chi connectivity index (χ2n) is 5.17. The Morgan fingerprint density at radius 3 is 2.71 bits per heavy atom. The SMILES string of the molecule is O=c1cc(CCC2(F)CC2)c2c(=O)[nH]c(C(F)F)nc2o1. The lowest BCUT2D eigenvalue weighted by atomic mass is 10.0. The molecule has 21 heavy (non-hydrogen) atoms. The summed E-state index contributed by atoms with van der Waals surface area (Å²) in [6.45, 7) is 0. The first-order valence-electron chi connectivity index (χ1n) is 6.42. The van der Waals surface area contributed by atoms with Gasteiger partial charge < -0.3 is 9.40 Å². The van der Waals surface area contributed by atoms with Crippen LogP contribution in [0.4, 0.5) is 13.2 Å². The quantitative estimate of drug-likeness (QED) is 0.939. The summed E-state index contributed by atoms with van der Waals surface area (Å²) in [5.74, 6) is -0.864. The lowest BCUT2D eigenvalue weighted by Crippen LogP contribution is -2.17. The van der Waals surface area contributed by atoms with E-state index in [1.165, 1.54) is 0 Å². The molecule has 5 nitrogen and oxygen atoms in total. The predicted octanol–water partition coefficient (Wildman–Crippen LogP) is 2.25. The van der Waals surface area contributed by atoms with Crippen molar-refractivity contribution in [1.29, 1.82) is 0 Å². The highest BCUT2D eigenvalue weighted by Gasteiger charge is 2.42. The van der Waals surface area contributed by atoms with Crippen LogP contribution in [0.2, 0.25) is 0 Å². The van der Waals surface area contributed by atoms with E-state index in [4.69, 9.17) is 4.42 Å². The number of nitrogens with zero attached hydrogens (tertiary/aromatic N) is 1. The van der Waals surface area contributed by atoms with E-state index in [2.05, 4.69) is 4.98 Å². The van der Waals surface area contributed by atoms with Crippen LogP contribution in [0.5, 0.6) is 0 Å². The zero-order valence-corrected chi connectivity index (χ0v) is 10.8. The summed E-state index contributed by atoms with van der Waals surface area (Å²) in [7, 11) is 0. The summed E-state index contributed by atoms with van der Waals surface area (Å²) in [5.41, 5.74) is -3.05. The first-order valence-corrected chi connectivity index (χ1v) is 6.42. The standard InChI is InChI=1S/C13H11F3N2O3/c14-9(15)10-17-11(20)8-6(1-2-13(16)3-4-13)5-7(19)21-12(8)18-10/h5,9H,1-4H2,(H,17,18,20). The van der Waals surface area contributed by atoms with E-state index in [1.807, 2.05) is 4.98 Å². The van der Waals surface area contributed by atoms with E-state index in [1.54, 1.807) is 0 Å². The Kier molecular flexibility index (Phi) is 3.11. The third kappa shape index (κ3) is 2.70. The van der Waals surface area contributed by atoms with Crippen molar-refractivity contribution in [2.24, 2.45) is 0 Å². The number of aromatic nitrogens is 2. The number of fused-ring (bicyclic) bond motifs is 1. The molecule has 1 aliphatic carbocycles. The Hall–Kier alpha value is -2.12. The van der Waals surface area contributed by atoms with Crippen LogP contribution in [-0.2, 0) is 6.42 Å². The molecular formula is C13H11F3N2O3. The maximum absolute atomic E-state index is 13.7. The molecule has 1 fully saturated rings. The summed E-state index contributed by atoms with van der Waals surface area (Å²) in [6.07, 6.45) is -1.76. The van der Waals surface area contributed by atoms with Crippen molar-refractivity contribution in [2.75, 3.05) is 0 Å². The number of hydrogen-bond donors (Lipinski definition) is 1. The molecule has 0 spiro atoms. The molecule has 3 rings (SSSR count). The Labute approximate surface area is 115 Å². The second-order valence-corrected chi connectivity index (χ2v) is 5.17. The highest BCUT2D eigenvalue weighted by atomic mass is 19.3. The van der Waals surface area contributed by atoms with Gasteiger partial charge in [-0.25, -0.2) is 18.0 Å². The largest absolute Gasteiger partial charge is 0.403 e. The van der Waals surface area contributed by atoms with Crippen molar-refractivity contribution < 1.29 is 17.6 Å². The smallest absolute Gasteiger partial charge is 0.337 e. The maximum atomic E-state index is 13.7. The fourth-order valence-corrected chi connectivity index (χ4v) is 2.21. The van der Waals surface area contributed by atoms with Crippen molar-refractivity contribution in [3.8, 4) is 0 Å². The molecule has 8 heteroatoms. The van der Waals surface area contributed by atoms with Gasteiger partial charge in [-0.1, -0.05) is 0 Å². The highest BCUT2D eigenvalue weighted by Crippen LogP contribution is 2.43. The number of aryl methyl sites for hydroxylation is 1. The lowest BCUT2D eigenvalue weighted by molar-refractivity contribution is 0.140. The van der Waals surface area contributed by atoms with E-state index in [-0.39, 0.29) is 23.8 Å². The van der Waals surface area contributed by atoms with E-state index < -0.39 is 34.8 Å². The fraction of sp³-hybridized carbons (Fsp3) is 0.462. The van der Waals surface area contributed by atoms with Gasteiger partial charge in [0.15, 0.2) is 5.82 Å². The minimum Gasteiger partial charge on any atom is -0.403 e. The molecule has 112 valence electrons. The van der Waals surface area contributed by atoms with Gasteiger partial charge in [-0.2, -0.15) is 4.98 Å². The zero-order chi connectivity index (χ0) is 15.2. The van der Waals surface area contributed by atoms with Crippen molar-refractivity contribution in [3.63, 3.8) is 0 Å². The Bertz CT molecular complexity index is 808. The molecule has 1 N–H and O–H groups in total. The van der Waals surface area contributed by atoms with Gasteiger partial charge in [0.1, 0.15) is 11.1 Å². The molecule has 0 unspecified atom stereocenters. The van der Waals surface area contributed by atoms with Gasteiger partial charge >= 0.3 is 5.63 Å². The summed E-state index contributed by atoms with van der Waals surface area (Å²) < 4.78 is 43.5. The van der Waals surface area contributed by atoms with Crippen LogP contribution in [0.1, 0.15) is 37.1 Å². The second kappa shape index (κ2) is 4.71. The van der Waals surface area contributed by atoms with E-state index in [9.17, 15) is 22.8 Å². The van der Waals surface area contributed by atoms with Crippen LogP contribution in [0.15, 0.2) is 20.1 Å². The topological polar surface area (TPSA) is 76.0 Å². The lowest BCUT2D eigenvalue weighted by Gasteiger charge is -2.07. The molecule has 1 aliphatic rings. The number of rotatable bonds is 4. The number of halogens is 3. The Balaban J connectivity index is 2.11. The van der Waals surface area contributed by atoms with Crippen LogP contribution in [-0.4, -0.2) is 15.6 Å². The monoisotopic (exact) mass is 300 g/mol. The third-order valence-electron chi connectivity index (χ3n) is 3.56. The van der Waals surface area contributed by atoms with Crippen LogP contribution in [0, 0.1) is 0 Å². The van der Waals surface area contributed by atoms with Crippen molar-refractivity contribution >= 4 is 11.1 Å². The molecule has 0 aromatic carbocycles. The molecular weight excluding hydrogens is 289 g/mol. The van der Waals surface area contributed by atoms with E-state index in [0.717, 1.165) is 6.07 Å². The Morgan fingerprint density at radius 2 is 2.10 bits per heavy atom. The molecule has 0 atom stereocenters. The average molecular weight is 300 g/mol. The molecule has 2 aromatic rings. The summed E-state index contributed by atoms with van der Waals surface area (Å²) in [5, 5.41) is -0.0803. The van der Waals surface area contributed by atoms with Gasteiger partial charge in [0.25, 0.3) is 12.0 Å². The van der Waals surface area contributed by atoms with E-state index in [0.29, 0.717) is 12.8 Å². The molecule has 0 saturated heterocycles. The number of nitrogens with one attached hydrogen (secondary N) is 1. The molecule has 2 heterocycles. The first-order chi connectivity index (χ1) is 9.88. The van der Waals surface area contributed by atoms with Crippen LogP contribution >= 0.6 is 0 Å². The van der Waals surface area contributed by atoms with Gasteiger partial charge in [0.05, 0.1) is 0 Å². The van der Waals surface area contributed by atoms with Gasteiger partial charge in [-0.05, 0) is 31.2 Å². The van der Waals surface area contributed by atoms with E-state index >= 15 is 0 Å². The molecule has 0 bridgehead atoms. The van der Waals surface area contributed by atoms with Gasteiger partial charge in [0, 0.05) is 6.07 Å². The summed E-state index contributed by atoms with van der Waals surface area (Å²) in [6, 6.07) is 1.08. The molecule has 1 saturated carbocycles. The number of aromatic amines is 1. The third-order valence-corrected chi connectivity index (χ3v) is 3.56. The van der Waals surface area contributed by atoms with Gasteiger partial charge in [-0.3, -0.25) is 4.79 Å². The number of alkyl halides is 3. The Morgan fingerprint density at radius 1 is 1.38 bits per heavy atom. The van der Waals surface area contributed by atoms with Crippen LogP contribution in [0.3, 0.4) is 0 Å². The normalized spacial score (nSPS) is 16.6. The minimum absolute atomic E-state index is 0.0803. The molecule has 2 aromatic heterocycles. The van der Waals surface area contributed by atoms with Gasteiger partial charge in [0.2, 0.25) is 5.71 Å². The van der Waals surface area contributed by atoms with Crippen molar-refractivity contribution in [3.05, 3.63) is 38.2 Å². The van der Waals surface area contributed by atoms with Crippen LogP contribution < -0.4 is 11.2 Å². The molecule has 0 aliphatic heterocycles.